The van der Waals surface area contributed by atoms with Gasteiger partial charge in [-0.25, -0.2) is 0 Å². The maximum Gasteiger partial charge on any atom is 0.286 e. The van der Waals surface area contributed by atoms with Crippen molar-refractivity contribution in [2.24, 2.45) is 10.9 Å². The molecule has 2 aliphatic rings. The van der Waals surface area contributed by atoms with E-state index in [1.54, 1.807) is 0 Å². The lowest BCUT2D eigenvalue weighted by Crippen LogP contribution is -2.35. The van der Waals surface area contributed by atoms with Gasteiger partial charge in [0, 0.05) is 13.1 Å². The molecule has 2 aromatic rings. The predicted octanol–water partition coefficient (Wildman–Crippen LogP) is 4.97. The number of amides is 1. The van der Waals surface area contributed by atoms with Crippen molar-refractivity contribution in [3.63, 3.8) is 0 Å². The summed E-state index contributed by atoms with van der Waals surface area (Å²) in [6, 6.07) is 17.9. The highest BCUT2D eigenvalue weighted by Gasteiger charge is 2.28. The molecule has 2 aliphatic heterocycles. The number of amidine groups is 1. The minimum absolute atomic E-state index is 0.144. The smallest absolute Gasteiger partial charge is 0.286 e. The van der Waals surface area contributed by atoms with E-state index in [1.165, 1.54) is 11.8 Å². The summed E-state index contributed by atoms with van der Waals surface area (Å²) >= 11 is 1.48. The molecule has 0 aromatic heterocycles. The van der Waals surface area contributed by atoms with Crippen molar-refractivity contribution >= 4 is 28.9 Å². The second-order valence-electron chi connectivity index (χ2n) is 7.33. The summed E-state index contributed by atoms with van der Waals surface area (Å²) in [5.74, 6) is 1.40. The molecule has 0 bridgehead atoms. The Labute approximate surface area is 170 Å². The van der Waals surface area contributed by atoms with E-state index in [4.69, 9.17) is 4.74 Å². The quantitative estimate of drug-likeness (QED) is 0.689. The van der Waals surface area contributed by atoms with Crippen molar-refractivity contribution in [2.75, 3.05) is 13.1 Å². The van der Waals surface area contributed by atoms with Crippen LogP contribution in [-0.4, -0.2) is 29.1 Å². The second-order valence-corrected chi connectivity index (χ2v) is 8.34. The molecule has 0 unspecified atom stereocenters. The molecule has 0 N–H and O–H groups in total. The molecule has 0 radical (unpaired) electrons. The van der Waals surface area contributed by atoms with Crippen LogP contribution in [0.4, 0.5) is 0 Å². The first-order valence-corrected chi connectivity index (χ1v) is 10.5. The average Bonchev–Trinajstić information content (AvgIpc) is 3.08. The summed E-state index contributed by atoms with van der Waals surface area (Å²) < 4.78 is 5.89. The van der Waals surface area contributed by atoms with Gasteiger partial charge in [0.2, 0.25) is 0 Å². The summed E-state index contributed by atoms with van der Waals surface area (Å²) in [7, 11) is 0. The number of thioether (sulfide) groups is 1. The fourth-order valence-corrected chi connectivity index (χ4v) is 4.28. The van der Waals surface area contributed by atoms with Gasteiger partial charge in [0.1, 0.15) is 12.4 Å². The van der Waals surface area contributed by atoms with Gasteiger partial charge in [-0.3, -0.25) is 4.79 Å². The minimum Gasteiger partial charge on any atom is -0.489 e. The first kappa shape index (κ1) is 18.8. The number of carbonyl (C=O) groups is 1. The summed E-state index contributed by atoms with van der Waals surface area (Å²) in [5.41, 5.74) is 2.08. The zero-order valence-corrected chi connectivity index (χ0v) is 16.8. The number of carbonyl (C=O) groups excluding carboxylic acids is 1. The summed E-state index contributed by atoms with van der Waals surface area (Å²) in [5, 5.41) is 0.847. The zero-order chi connectivity index (χ0) is 19.3. The van der Waals surface area contributed by atoms with Gasteiger partial charge in [-0.15, -0.1) is 0 Å². The lowest BCUT2D eigenvalue weighted by atomic mass is 10.00. The van der Waals surface area contributed by atoms with Crippen molar-refractivity contribution < 1.29 is 9.53 Å². The topological polar surface area (TPSA) is 41.9 Å². The minimum atomic E-state index is -0.144. The number of benzene rings is 2. The maximum atomic E-state index is 12.4. The average molecular weight is 393 g/mol. The van der Waals surface area contributed by atoms with Gasteiger partial charge in [-0.2, -0.15) is 4.99 Å². The molecule has 144 valence electrons. The molecule has 0 aliphatic carbocycles. The Morgan fingerprint density at radius 3 is 2.71 bits per heavy atom. The standard InChI is InChI=1S/C23H24N2O2S/c1-17-10-12-25(13-11-17)23-24-22(26)21(28-23)15-19-8-5-9-20(14-19)27-16-18-6-3-2-4-7-18/h2-9,14-15,17H,10-13,16H2,1H3/b21-15-. The van der Waals surface area contributed by atoms with E-state index in [0.29, 0.717) is 11.5 Å². The third-order valence-electron chi connectivity index (χ3n) is 5.07. The highest BCUT2D eigenvalue weighted by Crippen LogP contribution is 2.32. The van der Waals surface area contributed by atoms with Crippen LogP contribution in [0.1, 0.15) is 30.9 Å². The molecule has 2 heterocycles. The molecule has 4 rings (SSSR count). The third-order valence-corrected chi connectivity index (χ3v) is 6.11. The van der Waals surface area contributed by atoms with Crippen LogP contribution in [0.5, 0.6) is 5.75 Å². The Bertz CT molecular complexity index is 900. The zero-order valence-electron chi connectivity index (χ0n) is 16.0. The number of ether oxygens (including phenoxy) is 1. The third kappa shape index (κ3) is 4.65. The molecular weight excluding hydrogens is 368 g/mol. The molecule has 1 fully saturated rings. The molecule has 1 amide bonds. The van der Waals surface area contributed by atoms with Crippen LogP contribution in [0.25, 0.3) is 6.08 Å². The van der Waals surface area contributed by atoms with Gasteiger partial charge in [0.05, 0.1) is 4.91 Å². The van der Waals surface area contributed by atoms with Crippen LogP contribution in [0, 0.1) is 5.92 Å². The van der Waals surface area contributed by atoms with Crippen LogP contribution in [-0.2, 0) is 11.4 Å². The maximum absolute atomic E-state index is 12.4. The number of rotatable bonds is 4. The predicted molar refractivity (Wildman–Crippen MR) is 115 cm³/mol. The Kier molecular flexibility index (Phi) is 5.81. The number of nitrogens with zero attached hydrogens (tertiary/aromatic N) is 2. The first-order chi connectivity index (χ1) is 13.7. The number of aliphatic imine (C=N–C) groups is 1. The van der Waals surface area contributed by atoms with Crippen molar-refractivity contribution in [1.29, 1.82) is 0 Å². The largest absolute Gasteiger partial charge is 0.489 e. The molecule has 28 heavy (non-hydrogen) atoms. The number of hydrogen-bond acceptors (Lipinski definition) is 4. The van der Waals surface area contributed by atoms with Crippen molar-refractivity contribution in [1.82, 2.24) is 4.90 Å². The van der Waals surface area contributed by atoms with E-state index in [1.807, 2.05) is 60.7 Å². The van der Waals surface area contributed by atoms with Crippen LogP contribution in [0.2, 0.25) is 0 Å². The molecule has 5 heteroatoms. The number of piperidine rings is 1. The number of hydrogen-bond donors (Lipinski definition) is 0. The van der Waals surface area contributed by atoms with Crippen LogP contribution in [0.3, 0.4) is 0 Å². The molecular formula is C23H24N2O2S. The van der Waals surface area contributed by atoms with E-state index in [9.17, 15) is 4.79 Å². The Balaban J connectivity index is 1.41. The highest BCUT2D eigenvalue weighted by molar-refractivity contribution is 8.18. The van der Waals surface area contributed by atoms with Gasteiger partial charge < -0.3 is 9.64 Å². The molecule has 4 nitrogen and oxygen atoms in total. The van der Waals surface area contributed by atoms with E-state index >= 15 is 0 Å². The lowest BCUT2D eigenvalue weighted by Gasteiger charge is -2.30. The van der Waals surface area contributed by atoms with Gasteiger partial charge in [0.25, 0.3) is 5.91 Å². The van der Waals surface area contributed by atoms with E-state index < -0.39 is 0 Å². The van der Waals surface area contributed by atoms with E-state index in [2.05, 4.69) is 16.8 Å². The molecule has 0 spiro atoms. The van der Waals surface area contributed by atoms with Crippen molar-refractivity contribution in [2.45, 2.75) is 26.4 Å². The van der Waals surface area contributed by atoms with E-state index in [-0.39, 0.29) is 5.91 Å². The van der Waals surface area contributed by atoms with Crippen molar-refractivity contribution in [3.05, 3.63) is 70.6 Å². The Morgan fingerprint density at radius 2 is 1.93 bits per heavy atom. The Hall–Kier alpha value is -2.53. The monoisotopic (exact) mass is 392 g/mol. The van der Waals surface area contributed by atoms with Gasteiger partial charge >= 0.3 is 0 Å². The molecule has 1 saturated heterocycles. The first-order valence-electron chi connectivity index (χ1n) is 9.72. The van der Waals surface area contributed by atoms with Gasteiger partial charge in [-0.1, -0.05) is 49.4 Å². The highest BCUT2D eigenvalue weighted by atomic mass is 32.2. The van der Waals surface area contributed by atoms with Crippen LogP contribution < -0.4 is 4.74 Å². The van der Waals surface area contributed by atoms with E-state index in [0.717, 1.165) is 53.9 Å². The fraction of sp³-hybridized carbons (Fsp3) is 0.304. The van der Waals surface area contributed by atoms with Crippen LogP contribution >= 0.6 is 11.8 Å². The van der Waals surface area contributed by atoms with Crippen molar-refractivity contribution in [3.8, 4) is 5.75 Å². The number of likely N-dealkylation sites (tertiary alicyclic amines) is 1. The van der Waals surface area contributed by atoms with Crippen LogP contribution in [0.15, 0.2) is 64.5 Å². The lowest BCUT2D eigenvalue weighted by molar-refractivity contribution is -0.113. The second kappa shape index (κ2) is 8.65. The Morgan fingerprint density at radius 1 is 1.14 bits per heavy atom. The summed E-state index contributed by atoms with van der Waals surface area (Å²) in [4.78, 5) is 19.6. The summed E-state index contributed by atoms with van der Waals surface area (Å²) in [6.45, 7) is 4.77. The normalized spacial score (nSPS) is 19.2. The van der Waals surface area contributed by atoms with Gasteiger partial charge in [0.15, 0.2) is 5.17 Å². The SMILES string of the molecule is CC1CCN(C2=NC(=O)/C(=C/c3cccc(OCc4ccccc4)c3)S2)CC1. The molecule has 0 atom stereocenters. The van der Waals surface area contributed by atoms with Gasteiger partial charge in [-0.05, 0) is 59.9 Å². The molecule has 0 saturated carbocycles. The summed E-state index contributed by atoms with van der Waals surface area (Å²) in [6.07, 6.45) is 4.23. The fourth-order valence-electron chi connectivity index (χ4n) is 3.32. The molecule has 2 aromatic carbocycles.